The Hall–Kier alpha value is -1.14. The largest absolute Gasteiger partial charge is 0.396 e. The van der Waals surface area contributed by atoms with Gasteiger partial charge in [0, 0.05) is 18.6 Å². The molecule has 2 atom stereocenters. The van der Waals surface area contributed by atoms with Crippen LogP contribution in [0, 0.1) is 19.8 Å². The van der Waals surface area contributed by atoms with Crippen molar-refractivity contribution in [1.82, 2.24) is 15.3 Å². The number of aryl methyl sites for hydroxylation is 2. The maximum atomic E-state index is 12.6. The highest BCUT2D eigenvalue weighted by Gasteiger charge is 2.27. The van der Waals surface area contributed by atoms with E-state index in [1.807, 2.05) is 20.1 Å². The monoisotopic (exact) mass is 309 g/mol. The summed E-state index contributed by atoms with van der Waals surface area (Å²) in [5.74, 6) is 0.716. The van der Waals surface area contributed by atoms with Crippen LogP contribution in [0.25, 0.3) is 0 Å². The predicted molar refractivity (Wildman–Crippen MR) is 83.6 cm³/mol. The van der Waals surface area contributed by atoms with E-state index in [9.17, 15) is 9.90 Å². The molecule has 1 heterocycles. The van der Waals surface area contributed by atoms with Crippen LogP contribution in [0.5, 0.6) is 0 Å². The van der Waals surface area contributed by atoms with Crippen LogP contribution in [-0.2, 0) is 0 Å². The molecule has 21 heavy (non-hydrogen) atoms. The number of aromatic nitrogens is 2. The highest BCUT2D eigenvalue weighted by Crippen LogP contribution is 2.26. The summed E-state index contributed by atoms with van der Waals surface area (Å²) in [6.07, 6.45) is 6.03. The molecule has 0 radical (unpaired) electrons. The lowest BCUT2D eigenvalue weighted by Crippen LogP contribution is -2.43. The molecule has 1 aliphatic rings. The lowest BCUT2D eigenvalue weighted by Gasteiger charge is -2.31. The SMILES string of the molecule is CSc1nc(C)nc(C)c1C(=O)NC1CCCCC1CO. The number of nitrogens with zero attached hydrogens (tertiary/aromatic N) is 2. The van der Waals surface area contributed by atoms with Crippen LogP contribution in [0.4, 0.5) is 0 Å². The molecule has 1 aromatic rings. The second kappa shape index (κ2) is 7.22. The van der Waals surface area contributed by atoms with Gasteiger partial charge in [0.2, 0.25) is 0 Å². The van der Waals surface area contributed by atoms with Gasteiger partial charge < -0.3 is 10.4 Å². The number of carbonyl (C=O) groups excluding carboxylic acids is 1. The fraction of sp³-hybridized carbons (Fsp3) is 0.667. The first-order valence-electron chi connectivity index (χ1n) is 7.37. The zero-order valence-corrected chi connectivity index (χ0v) is 13.7. The summed E-state index contributed by atoms with van der Waals surface area (Å²) in [6, 6.07) is 0.0478. The van der Waals surface area contributed by atoms with Crippen molar-refractivity contribution in [2.75, 3.05) is 12.9 Å². The van der Waals surface area contributed by atoms with Crippen molar-refractivity contribution in [1.29, 1.82) is 0 Å². The Bertz CT molecular complexity index is 522. The number of amides is 1. The van der Waals surface area contributed by atoms with Crippen LogP contribution in [-0.4, -0.2) is 39.9 Å². The third kappa shape index (κ3) is 3.74. The Morgan fingerprint density at radius 3 is 2.71 bits per heavy atom. The van der Waals surface area contributed by atoms with Crippen LogP contribution in [0.1, 0.15) is 47.6 Å². The molecule has 2 N–H and O–H groups in total. The van der Waals surface area contributed by atoms with Crippen molar-refractivity contribution in [3.63, 3.8) is 0 Å². The summed E-state index contributed by atoms with van der Waals surface area (Å²) in [5.41, 5.74) is 1.27. The number of carbonyl (C=O) groups is 1. The number of hydrogen-bond acceptors (Lipinski definition) is 5. The fourth-order valence-corrected chi connectivity index (χ4v) is 3.62. The van der Waals surface area contributed by atoms with Crippen molar-refractivity contribution in [3.8, 4) is 0 Å². The van der Waals surface area contributed by atoms with Crippen LogP contribution < -0.4 is 5.32 Å². The van der Waals surface area contributed by atoms with Gasteiger partial charge in [0.05, 0.1) is 11.3 Å². The smallest absolute Gasteiger partial charge is 0.256 e. The molecule has 1 fully saturated rings. The standard InChI is InChI=1S/C15H23N3O2S/c1-9-13(15(21-3)17-10(2)16-9)14(20)18-12-7-5-4-6-11(12)8-19/h11-12,19H,4-8H2,1-3H3,(H,18,20). The average Bonchev–Trinajstić information content (AvgIpc) is 2.46. The molecular weight excluding hydrogens is 286 g/mol. The minimum atomic E-state index is -0.123. The topological polar surface area (TPSA) is 75.1 Å². The van der Waals surface area contributed by atoms with Gasteiger partial charge in [0.15, 0.2) is 0 Å². The third-order valence-corrected chi connectivity index (χ3v) is 4.73. The van der Waals surface area contributed by atoms with Gasteiger partial charge in [-0.3, -0.25) is 4.79 Å². The van der Waals surface area contributed by atoms with Gasteiger partial charge in [0.1, 0.15) is 10.9 Å². The van der Waals surface area contributed by atoms with E-state index in [1.165, 1.54) is 11.8 Å². The molecule has 1 amide bonds. The van der Waals surface area contributed by atoms with Crippen molar-refractivity contribution < 1.29 is 9.90 Å². The number of aliphatic hydroxyl groups is 1. The summed E-state index contributed by atoms with van der Waals surface area (Å²) in [4.78, 5) is 21.2. The molecule has 6 heteroatoms. The average molecular weight is 309 g/mol. The quantitative estimate of drug-likeness (QED) is 0.658. The van der Waals surface area contributed by atoms with Crippen LogP contribution >= 0.6 is 11.8 Å². The zero-order chi connectivity index (χ0) is 15.4. The summed E-state index contributed by atoms with van der Waals surface area (Å²) < 4.78 is 0. The van der Waals surface area contributed by atoms with Gasteiger partial charge in [-0.15, -0.1) is 11.8 Å². The molecule has 1 saturated carbocycles. The van der Waals surface area contributed by atoms with Crippen LogP contribution in [0.2, 0.25) is 0 Å². The normalized spacial score (nSPS) is 22.1. The maximum absolute atomic E-state index is 12.6. The Morgan fingerprint density at radius 1 is 1.33 bits per heavy atom. The second-order valence-electron chi connectivity index (χ2n) is 5.55. The van der Waals surface area contributed by atoms with Crippen molar-refractivity contribution >= 4 is 17.7 Å². The maximum Gasteiger partial charge on any atom is 0.256 e. The third-order valence-electron chi connectivity index (χ3n) is 4.05. The van der Waals surface area contributed by atoms with Gasteiger partial charge in [-0.25, -0.2) is 9.97 Å². The van der Waals surface area contributed by atoms with Gasteiger partial charge in [-0.2, -0.15) is 0 Å². The molecule has 0 aromatic carbocycles. The lowest BCUT2D eigenvalue weighted by molar-refractivity contribution is 0.0867. The molecule has 1 aromatic heterocycles. The van der Waals surface area contributed by atoms with Crippen molar-refractivity contribution in [2.24, 2.45) is 5.92 Å². The van der Waals surface area contributed by atoms with E-state index >= 15 is 0 Å². The summed E-state index contributed by atoms with van der Waals surface area (Å²) in [5, 5.41) is 13.3. The molecule has 0 saturated heterocycles. The summed E-state index contributed by atoms with van der Waals surface area (Å²) >= 11 is 1.46. The van der Waals surface area contributed by atoms with E-state index < -0.39 is 0 Å². The van der Waals surface area contributed by atoms with Gasteiger partial charge in [-0.1, -0.05) is 12.8 Å². The minimum absolute atomic E-state index is 0.0478. The Kier molecular flexibility index (Phi) is 5.58. The molecule has 1 aliphatic carbocycles. The minimum Gasteiger partial charge on any atom is -0.396 e. The van der Waals surface area contributed by atoms with E-state index in [-0.39, 0.29) is 24.5 Å². The van der Waals surface area contributed by atoms with Gasteiger partial charge in [-0.05, 0) is 32.9 Å². The molecule has 5 nitrogen and oxygen atoms in total. The predicted octanol–water partition coefficient (Wildman–Crippen LogP) is 2.10. The van der Waals surface area contributed by atoms with E-state index in [1.54, 1.807) is 0 Å². The first-order chi connectivity index (χ1) is 10.1. The molecule has 0 aliphatic heterocycles. The number of hydrogen-bond donors (Lipinski definition) is 2. The Morgan fingerprint density at radius 2 is 2.05 bits per heavy atom. The molecule has 2 rings (SSSR count). The molecule has 0 spiro atoms. The van der Waals surface area contributed by atoms with Crippen LogP contribution in [0.15, 0.2) is 5.03 Å². The zero-order valence-electron chi connectivity index (χ0n) is 12.8. The number of nitrogens with one attached hydrogen (secondary N) is 1. The van der Waals surface area contributed by atoms with Crippen molar-refractivity contribution in [2.45, 2.75) is 50.6 Å². The fourth-order valence-electron chi connectivity index (χ4n) is 2.95. The van der Waals surface area contributed by atoms with E-state index in [0.717, 1.165) is 25.7 Å². The first-order valence-corrected chi connectivity index (χ1v) is 8.60. The molecular formula is C15H23N3O2S. The lowest BCUT2D eigenvalue weighted by atomic mass is 9.85. The highest BCUT2D eigenvalue weighted by atomic mass is 32.2. The van der Waals surface area contributed by atoms with E-state index in [4.69, 9.17) is 0 Å². The van der Waals surface area contributed by atoms with Crippen LogP contribution in [0.3, 0.4) is 0 Å². The Balaban J connectivity index is 2.20. The highest BCUT2D eigenvalue weighted by molar-refractivity contribution is 7.98. The molecule has 2 unspecified atom stereocenters. The number of thioether (sulfide) groups is 1. The van der Waals surface area contributed by atoms with E-state index in [0.29, 0.717) is 22.1 Å². The number of aliphatic hydroxyl groups excluding tert-OH is 1. The van der Waals surface area contributed by atoms with Gasteiger partial charge >= 0.3 is 0 Å². The van der Waals surface area contributed by atoms with E-state index in [2.05, 4.69) is 15.3 Å². The van der Waals surface area contributed by atoms with Gasteiger partial charge in [0.25, 0.3) is 5.91 Å². The second-order valence-corrected chi connectivity index (χ2v) is 6.34. The molecule has 0 bridgehead atoms. The molecule has 116 valence electrons. The first kappa shape index (κ1) is 16.2. The summed E-state index contributed by atoms with van der Waals surface area (Å²) in [7, 11) is 0. The Labute approximate surface area is 130 Å². The summed E-state index contributed by atoms with van der Waals surface area (Å²) in [6.45, 7) is 3.80. The number of rotatable bonds is 4. The van der Waals surface area contributed by atoms with Crippen molar-refractivity contribution in [3.05, 3.63) is 17.1 Å².